The van der Waals surface area contributed by atoms with Crippen LogP contribution in [0.15, 0.2) is 30.8 Å². The molecule has 1 aromatic carbocycles. The van der Waals surface area contributed by atoms with Crippen molar-refractivity contribution in [3.05, 3.63) is 42.0 Å². The van der Waals surface area contributed by atoms with Crippen LogP contribution in [0.3, 0.4) is 0 Å². The van der Waals surface area contributed by atoms with Gasteiger partial charge in [0, 0.05) is 20.5 Å². The summed E-state index contributed by atoms with van der Waals surface area (Å²) in [5, 5.41) is 9.01. The lowest BCUT2D eigenvalue weighted by Gasteiger charge is -2.20. The van der Waals surface area contributed by atoms with Crippen molar-refractivity contribution in [1.29, 1.82) is 0 Å². The van der Waals surface area contributed by atoms with Gasteiger partial charge in [0.25, 0.3) is 5.97 Å². The fourth-order valence-electron chi connectivity index (χ4n) is 2.06. The predicted octanol–water partition coefficient (Wildman–Crippen LogP) is 2.32. The van der Waals surface area contributed by atoms with Gasteiger partial charge in [-0.3, -0.25) is 0 Å². The average Bonchev–Trinajstić information content (AvgIpc) is 2.81. The van der Waals surface area contributed by atoms with Crippen LogP contribution in [0, 0.1) is 0 Å². The maximum absolute atomic E-state index is 9.01. The maximum Gasteiger partial charge on any atom is 0.280 e. The predicted molar refractivity (Wildman–Crippen MR) is 72.3 cm³/mol. The van der Waals surface area contributed by atoms with Crippen LogP contribution in [0.4, 0.5) is 0 Å². The lowest BCUT2D eigenvalue weighted by molar-refractivity contribution is -0.313. The van der Waals surface area contributed by atoms with E-state index in [0.717, 1.165) is 16.7 Å². The lowest BCUT2D eigenvalue weighted by atomic mass is 10.0. The van der Waals surface area contributed by atoms with Crippen LogP contribution in [0.2, 0.25) is 0 Å². The van der Waals surface area contributed by atoms with E-state index in [1.165, 1.54) is 0 Å². The molecule has 4 heteroatoms. The minimum absolute atomic E-state index is 0.0463. The van der Waals surface area contributed by atoms with Gasteiger partial charge in [-0.15, -0.1) is 0 Å². The quantitative estimate of drug-likeness (QED) is 0.886. The van der Waals surface area contributed by atoms with E-state index in [4.69, 9.17) is 19.3 Å². The Morgan fingerprint density at radius 3 is 2.68 bits per heavy atom. The van der Waals surface area contributed by atoms with Crippen molar-refractivity contribution in [1.82, 2.24) is 0 Å². The first-order valence-electron chi connectivity index (χ1n) is 6.31. The topological polar surface area (TPSA) is 47.9 Å². The Kier molecular flexibility index (Phi) is 4.37. The Labute approximate surface area is 113 Å². The van der Waals surface area contributed by atoms with Gasteiger partial charge in [-0.1, -0.05) is 30.8 Å². The fraction of sp³-hybridized carbons (Fsp3) is 0.467. The first-order valence-corrected chi connectivity index (χ1v) is 6.31. The molecule has 2 atom stereocenters. The van der Waals surface area contributed by atoms with Crippen molar-refractivity contribution >= 4 is 5.57 Å². The van der Waals surface area contributed by atoms with E-state index in [1.54, 1.807) is 14.0 Å². The number of hydrogen-bond acceptors (Lipinski definition) is 4. The van der Waals surface area contributed by atoms with Crippen molar-refractivity contribution in [2.45, 2.75) is 32.0 Å². The molecule has 2 unspecified atom stereocenters. The minimum atomic E-state index is -0.939. The number of hydrogen-bond donors (Lipinski definition) is 1. The molecule has 1 aliphatic rings. The molecule has 1 N–H and O–H groups in total. The summed E-state index contributed by atoms with van der Waals surface area (Å²) in [7, 11) is 1.56. The second-order valence-electron chi connectivity index (χ2n) is 4.78. The van der Waals surface area contributed by atoms with E-state index in [9.17, 15) is 0 Å². The van der Waals surface area contributed by atoms with Crippen LogP contribution < -0.4 is 0 Å². The molecule has 0 bridgehead atoms. The van der Waals surface area contributed by atoms with E-state index >= 15 is 0 Å². The standard InChI is InChI=1S/C15H20O4/c1-11(13-6-4-12(9-16)5-7-13)8-14-10-18-15(2,17-3)19-14/h4-7,14,16H,1,8-10H2,2-3H3. The van der Waals surface area contributed by atoms with Gasteiger partial charge in [0.2, 0.25) is 0 Å². The van der Waals surface area contributed by atoms with E-state index in [1.807, 2.05) is 24.3 Å². The monoisotopic (exact) mass is 264 g/mol. The molecular formula is C15H20O4. The maximum atomic E-state index is 9.01. The molecule has 0 saturated carbocycles. The molecule has 1 heterocycles. The molecule has 0 spiro atoms. The first-order chi connectivity index (χ1) is 9.06. The number of aliphatic hydroxyl groups excluding tert-OH is 1. The van der Waals surface area contributed by atoms with Crippen LogP contribution in [-0.4, -0.2) is 30.9 Å². The second-order valence-corrected chi connectivity index (χ2v) is 4.78. The van der Waals surface area contributed by atoms with Crippen LogP contribution >= 0.6 is 0 Å². The zero-order valence-electron chi connectivity index (χ0n) is 11.4. The van der Waals surface area contributed by atoms with E-state index in [2.05, 4.69) is 6.58 Å². The van der Waals surface area contributed by atoms with Crippen molar-refractivity contribution in [3.63, 3.8) is 0 Å². The fourth-order valence-corrected chi connectivity index (χ4v) is 2.06. The highest BCUT2D eigenvalue weighted by Gasteiger charge is 2.37. The summed E-state index contributed by atoms with van der Waals surface area (Å²) in [6, 6.07) is 7.70. The molecule has 0 amide bonds. The summed E-state index contributed by atoms with van der Waals surface area (Å²) < 4.78 is 16.3. The third-order valence-corrected chi connectivity index (χ3v) is 3.30. The Hall–Kier alpha value is -1.20. The molecular weight excluding hydrogens is 244 g/mol. The zero-order chi connectivity index (χ0) is 13.9. The van der Waals surface area contributed by atoms with Gasteiger partial charge in [0.05, 0.1) is 19.3 Å². The minimum Gasteiger partial charge on any atom is -0.392 e. The highest BCUT2D eigenvalue weighted by molar-refractivity contribution is 5.63. The molecule has 104 valence electrons. The normalized spacial score (nSPS) is 26.6. The van der Waals surface area contributed by atoms with Gasteiger partial charge in [-0.25, -0.2) is 0 Å². The molecule has 1 aliphatic heterocycles. The Balaban J connectivity index is 1.94. The lowest BCUT2D eigenvalue weighted by Crippen LogP contribution is -2.28. The number of rotatable bonds is 5. The van der Waals surface area contributed by atoms with Gasteiger partial charge < -0.3 is 19.3 Å². The van der Waals surface area contributed by atoms with Crippen molar-refractivity contribution in [2.75, 3.05) is 13.7 Å². The molecule has 1 saturated heterocycles. The van der Waals surface area contributed by atoms with E-state index in [0.29, 0.717) is 13.0 Å². The van der Waals surface area contributed by atoms with Gasteiger partial charge >= 0.3 is 0 Å². The Morgan fingerprint density at radius 1 is 1.47 bits per heavy atom. The molecule has 0 radical (unpaired) electrons. The van der Waals surface area contributed by atoms with Gasteiger partial charge in [0.15, 0.2) is 0 Å². The number of benzene rings is 1. The number of aliphatic hydroxyl groups is 1. The summed E-state index contributed by atoms with van der Waals surface area (Å²) in [5.74, 6) is -0.939. The summed E-state index contributed by atoms with van der Waals surface area (Å²) in [6.07, 6.45) is 0.646. The second kappa shape index (κ2) is 5.84. The molecule has 1 aromatic rings. The van der Waals surface area contributed by atoms with Crippen molar-refractivity contribution in [3.8, 4) is 0 Å². The van der Waals surface area contributed by atoms with Crippen molar-refractivity contribution < 1.29 is 19.3 Å². The van der Waals surface area contributed by atoms with Gasteiger partial charge in [-0.2, -0.15) is 0 Å². The molecule has 1 fully saturated rings. The summed E-state index contributed by atoms with van der Waals surface area (Å²) in [4.78, 5) is 0. The summed E-state index contributed by atoms with van der Waals surface area (Å²) in [5.41, 5.74) is 2.93. The van der Waals surface area contributed by atoms with Crippen LogP contribution in [0.25, 0.3) is 5.57 Å². The number of ether oxygens (including phenoxy) is 3. The molecule has 19 heavy (non-hydrogen) atoms. The Morgan fingerprint density at radius 2 is 2.16 bits per heavy atom. The SMILES string of the molecule is C=C(CC1COC(C)(OC)O1)c1ccc(CO)cc1. The van der Waals surface area contributed by atoms with Gasteiger partial charge in [-0.05, 0) is 16.7 Å². The molecule has 0 aliphatic carbocycles. The highest BCUT2D eigenvalue weighted by Crippen LogP contribution is 2.29. The largest absolute Gasteiger partial charge is 0.392 e. The zero-order valence-corrected chi connectivity index (χ0v) is 11.4. The number of methoxy groups -OCH3 is 1. The van der Waals surface area contributed by atoms with E-state index in [-0.39, 0.29) is 12.7 Å². The van der Waals surface area contributed by atoms with Crippen molar-refractivity contribution in [2.24, 2.45) is 0 Å². The van der Waals surface area contributed by atoms with Crippen LogP contribution in [-0.2, 0) is 20.8 Å². The smallest absolute Gasteiger partial charge is 0.280 e. The molecule has 0 aromatic heterocycles. The highest BCUT2D eigenvalue weighted by atomic mass is 16.9. The first kappa shape index (κ1) is 14.2. The van der Waals surface area contributed by atoms with Crippen LogP contribution in [0.5, 0.6) is 0 Å². The molecule has 2 rings (SSSR count). The summed E-state index contributed by atoms with van der Waals surface area (Å²) in [6.45, 7) is 6.39. The summed E-state index contributed by atoms with van der Waals surface area (Å²) >= 11 is 0. The van der Waals surface area contributed by atoms with Crippen LogP contribution in [0.1, 0.15) is 24.5 Å². The van der Waals surface area contributed by atoms with E-state index < -0.39 is 5.97 Å². The third kappa shape index (κ3) is 3.42. The molecule has 4 nitrogen and oxygen atoms in total. The average molecular weight is 264 g/mol. The Bertz CT molecular complexity index is 440. The third-order valence-electron chi connectivity index (χ3n) is 3.30. The van der Waals surface area contributed by atoms with Gasteiger partial charge in [0.1, 0.15) is 0 Å².